The van der Waals surface area contributed by atoms with Crippen LogP contribution in [0.2, 0.25) is 0 Å². The molecule has 0 aliphatic heterocycles. The van der Waals surface area contributed by atoms with Gasteiger partial charge in [-0.05, 0) is 20.8 Å². The Morgan fingerprint density at radius 2 is 2.00 bits per heavy atom. The zero-order valence-corrected chi connectivity index (χ0v) is 7.66. The normalized spacial score (nSPS) is 14.5. The molecule has 0 rings (SSSR count). The smallest absolute Gasteiger partial charge is 0.325 e. The van der Waals surface area contributed by atoms with Gasteiger partial charge in [0.1, 0.15) is 5.38 Å². The molecule has 2 nitrogen and oxygen atoms in total. The lowest BCUT2D eigenvalue weighted by Crippen LogP contribution is -2.25. The molecule has 0 heterocycles. The maximum atomic E-state index is 10.7. The van der Waals surface area contributed by atoms with Gasteiger partial charge in [-0.25, -0.2) is 0 Å². The van der Waals surface area contributed by atoms with E-state index in [9.17, 15) is 4.79 Å². The summed E-state index contributed by atoms with van der Waals surface area (Å²) in [6.45, 7) is 4.68. The maximum absolute atomic E-state index is 10.7. The molecule has 0 amide bonds. The minimum Gasteiger partial charge on any atom is -0.443 e. The molecule has 0 saturated heterocycles. The molecule has 0 aromatic rings. The van der Waals surface area contributed by atoms with Crippen LogP contribution in [0, 0.1) is 0 Å². The highest BCUT2D eigenvalue weighted by Gasteiger charge is 2.21. The van der Waals surface area contributed by atoms with Gasteiger partial charge in [-0.15, -0.1) is 11.6 Å². The summed E-state index contributed by atoms with van der Waals surface area (Å²) in [6.07, 6.45) is 0. The number of carbonyl (C=O) groups excluding carboxylic acids is 1. The van der Waals surface area contributed by atoms with Crippen LogP contribution in [0.25, 0.3) is 0 Å². The van der Waals surface area contributed by atoms with Crippen molar-refractivity contribution in [2.45, 2.75) is 31.2 Å². The van der Waals surface area contributed by atoms with Gasteiger partial charge >= 0.3 is 5.97 Å². The van der Waals surface area contributed by atoms with E-state index < -0.39 is 16.4 Å². The Balaban J connectivity index is 3.81. The van der Waals surface area contributed by atoms with E-state index in [1.54, 1.807) is 13.8 Å². The molecular weight excluding hydrogens is 175 g/mol. The fraction of sp³-hybridized carbons (Fsp3) is 0.833. The van der Waals surface area contributed by atoms with Crippen molar-refractivity contribution in [1.82, 2.24) is 0 Å². The lowest BCUT2D eigenvalue weighted by molar-refractivity contribution is -0.149. The SMILES string of the molecule is CC(Cl)C(=O)OC(C)(C)Cl. The number of halogens is 2. The summed E-state index contributed by atoms with van der Waals surface area (Å²) >= 11 is 11.0. The van der Waals surface area contributed by atoms with Gasteiger partial charge < -0.3 is 4.74 Å². The molecule has 10 heavy (non-hydrogen) atoms. The predicted octanol–water partition coefficient (Wildman–Crippen LogP) is 2.13. The van der Waals surface area contributed by atoms with Crippen molar-refractivity contribution < 1.29 is 9.53 Å². The molecule has 0 aliphatic rings. The average Bonchev–Trinajstić information content (AvgIpc) is 1.60. The number of carbonyl (C=O) groups is 1. The van der Waals surface area contributed by atoms with E-state index in [2.05, 4.69) is 0 Å². The molecule has 0 bridgehead atoms. The standard InChI is InChI=1S/C6H10Cl2O2/c1-4(7)5(9)10-6(2,3)8/h4H,1-3H3. The number of alkyl halides is 2. The zero-order chi connectivity index (χ0) is 8.36. The van der Waals surface area contributed by atoms with Crippen molar-refractivity contribution in [2.24, 2.45) is 0 Å². The summed E-state index contributed by atoms with van der Waals surface area (Å²) in [5.74, 6) is -0.498. The second-order valence-electron chi connectivity index (χ2n) is 2.40. The molecule has 0 aromatic carbocycles. The van der Waals surface area contributed by atoms with E-state index in [1.165, 1.54) is 6.92 Å². The third-order valence-corrected chi connectivity index (χ3v) is 0.923. The van der Waals surface area contributed by atoms with Crippen molar-refractivity contribution in [2.75, 3.05) is 0 Å². The van der Waals surface area contributed by atoms with Gasteiger partial charge in [0.25, 0.3) is 0 Å². The quantitative estimate of drug-likeness (QED) is 0.486. The molecule has 1 unspecified atom stereocenters. The molecule has 0 fully saturated rings. The van der Waals surface area contributed by atoms with Gasteiger partial charge in [0.05, 0.1) is 0 Å². The van der Waals surface area contributed by atoms with E-state index >= 15 is 0 Å². The fourth-order valence-electron chi connectivity index (χ4n) is 0.320. The topological polar surface area (TPSA) is 26.3 Å². The Morgan fingerprint density at radius 3 is 2.10 bits per heavy atom. The molecule has 1 atom stereocenters. The highest BCUT2D eigenvalue weighted by Crippen LogP contribution is 2.16. The molecule has 60 valence electrons. The summed E-state index contributed by atoms with van der Waals surface area (Å²) in [6, 6.07) is 0. The summed E-state index contributed by atoms with van der Waals surface area (Å²) in [4.78, 5) is 10.7. The summed E-state index contributed by atoms with van der Waals surface area (Å²) < 4.78 is 4.69. The first kappa shape index (κ1) is 10.0. The molecular formula is C6H10Cl2O2. The summed E-state index contributed by atoms with van der Waals surface area (Å²) in [5, 5.41) is -1.60. The molecule has 0 radical (unpaired) electrons. The fourth-order valence-corrected chi connectivity index (χ4v) is 0.441. The van der Waals surface area contributed by atoms with Gasteiger partial charge in [-0.1, -0.05) is 11.6 Å². The number of hydrogen-bond donors (Lipinski definition) is 0. The predicted molar refractivity (Wildman–Crippen MR) is 41.3 cm³/mol. The highest BCUT2D eigenvalue weighted by molar-refractivity contribution is 6.30. The lowest BCUT2D eigenvalue weighted by atomic mass is 10.4. The van der Waals surface area contributed by atoms with E-state index in [1.807, 2.05) is 0 Å². The minimum atomic E-state index is -0.958. The van der Waals surface area contributed by atoms with E-state index in [0.29, 0.717) is 0 Å². The van der Waals surface area contributed by atoms with Crippen LogP contribution in [-0.4, -0.2) is 16.4 Å². The van der Waals surface area contributed by atoms with Crippen LogP contribution in [0.15, 0.2) is 0 Å². The van der Waals surface area contributed by atoms with Crippen LogP contribution < -0.4 is 0 Å². The van der Waals surface area contributed by atoms with Crippen LogP contribution in [-0.2, 0) is 9.53 Å². The highest BCUT2D eigenvalue weighted by atomic mass is 35.5. The zero-order valence-electron chi connectivity index (χ0n) is 6.15. The molecule has 0 aromatic heterocycles. The number of ether oxygens (including phenoxy) is 1. The summed E-state index contributed by atoms with van der Waals surface area (Å²) in [7, 11) is 0. The van der Waals surface area contributed by atoms with Crippen molar-refractivity contribution in [3.05, 3.63) is 0 Å². The molecule has 0 spiro atoms. The van der Waals surface area contributed by atoms with Crippen LogP contribution in [0.3, 0.4) is 0 Å². The van der Waals surface area contributed by atoms with Gasteiger partial charge in [0, 0.05) is 0 Å². The van der Waals surface area contributed by atoms with Crippen LogP contribution in [0.5, 0.6) is 0 Å². The van der Waals surface area contributed by atoms with Crippen molar-refractivity contribution in [3.8, 4) is 0 Å². The molecule has 0 saturated carbocycles. The van der Waals surface area contributed by atoms with Crippen molar-refractivity contribution in [3.63, 3.8) is 0 Å². The van der Waals surface area contributed by atoms with Gasteiger partial charge in [0.15, 0.2) is 5.06 Å². The first-order chi connectivity index (χ1) is 4.33. The lowest BCUT2D eigenvalue weighted by Gasteiger charge is -2.17. The maximum Gasteiger partial charge on any atom is 0.325 e. The Bertz CT molecular complexity index is 126. The van der Waals surface area contributed by atoms with Gasteiger partial charge in [-0.3, -0.25) is 4.79 Å². The minimum absolute atomic E-state index is 0.498. The van der Waals surface area contributed by atoms with Crippen molar-refractivity contribution >= 4 is 29.2 Å². The second-order valence-corrected chi connectivity index (χ2v) is 3.97. The molecule has 0 aliphatic carbocycles. The summed E-state index contributed by atoms with van der Waals surface area (Å²) in [5.41, 5.74) is 0. The third-order valence-electron chi connectivity index (χ3n) is 0.668. The Morgan fingerprint density at radius 1 is 1.60 bits per heavy atom. The first-order valence-corrected chi connectivity index (χ1v) is 3.70. The Labute approximate surface area is 70.4 Å². The van der Waals surface area contributed by atoms with E-state index in [-0.39, 0.29) is 0 Å². The molecule has 0 N–H and O–H groups in total. The average molecular weight is 185 g/mol. The third kappa shape index (κ3) is 4.89. The van der Waals surface area contributed by atoms with Crippen LogP contribution in [0.4, 0.5) is 0 Å². The van der Waals surface area contributed by atoms with Gasteiger partial charge in [-0.2, -0.15) is 0 Å². The monoisotopic (exact) mass is 184 g/mol. The largest absolute Gasteiger partial charge is 0.443 e. The molecule has 4 heteroatoms. The number of esters is 1. The van der Waals surface area contributed by atoms with Crippen LogP contribution in [0.1, 0.15) is 20.8 Å². The van der Waals surface area contributed by atoms with E-state index in [4.69, 9.17) is 27.9 Å². The van der Waals surface area contributed by atoms with E-state index in [0.717, 1.165) is 0 Å². The Kier molecular flexibility index (Phi) is 3.46. The Hall–Kier alpha value is 0.0500. The van der Waals surface area contributed by atoms with Gasteiger partial charge in [0.2, 0.25) is 0 Å². The van der Waals surface area contributed by atoms with Crippen LogP contribution >= 0.6 is 23.2 Å². The first-order valence-electron chi connectivity index (χ1n) is 2.89. The second kappa shape index (κ2) is 3.44. The van der Waals surface area contributed by atoms with Crippen molar-refractivity contribution in [1.29, 1.82) is 0 Å². The number of rotatable bonds is 2. The number of hydrogen-bond acceptors (Lipinski definition) is 2.